The number of carboxylic acids is 1. The molecule has 3 rings (SSSR count). The van der Waals surface area contributed by atoms with Gasteiger partial charge in [-0.2, -0.15) is 5.10 Å². The Kier molecular flexibility index (Phi) is 7.37. The van der Waals surface area contributed by atoms with Crippen LogP contribution in [-0.4, -0.2) is 42.3 Å². The molecule has 0 saturated heterocycles. The molecule has 0 bridgehead atoms. The van der Waals surface area contributed by atoms with Crippen molar-refractivity contribution in [1.82, 2.24) is 10.7 Å². The van der Waals surface area contributed by atoms with E-state index in [0.29, 0.717) is 22.8 Å². The van der Waals surface area contributed by atoms with Crippen LogP contribution < -0.4 is 15.5 Å². The van der Waals surface area contributed by atoms with E-state index in [1.54, 1.807) is 36.4 Å². The van der Waals surface area contributed by atoms with Crippen molar-refractivity contribution >= 4 is 24.0 Å². The molecule has 0 aliphatic carbocycles. The predicted molar refractivity (Wildman–Crippen MR) is 117 cm³/mol. The summed E-state index contributed by atoms with van der Waals surface area (Å²) in [6, 6.07) is 16.9. The zero-order valence-corrected chi connectivity index (χ0v) is 17.2. The van der Waals surface area contributed by atoms with Crippen molar-refractivity contribution in [2.24, 2.45) is 5.10 Å². The van der Waals surface area contributed by atoms with E-state index in [1.807, 2.05) is 19.1 Å². The minimum absolute atomic E-state index is 0.179. The van der Waals surface area contributed by atoms with E-state index in [9.17, 15) is 14.4 Å². The summed E-state index contributed by atoms with van der Waals surface area (Å²) in [5, 5.41) is 15.2. The second kappa shape index (κ2) is 10.6. The van der Waals surface area contributed by atoms with E-state index >= 15 is 0 Å². The maximum absolute atomic E-state index is 11.8. The van der Waals surface area contributed by atoms with Crippen LogP contribution in [0.5, 0.6) is 5.75 Å². The summed E-state index contributed by atoms with van der Waals surface area (Å²) in [5.41, 5.74) is 4.18. The molecular weight excluding hydrogens is 414 g/mol. The molecule has 0 spiro atoms. The number of hydrogen-bond donors (Lipinski definition) is 3. The molecule has 1 heterocycles. The first-order chi connectivity index (χ1) is 15.4. The number of furan rings is 1. The number of ether oxygens (including phenoxy) is 1. The van der Waals surface area contributed by atoms with Gasteiger partial charge in [0.05, 0.1) is 18.3 Å². The van der Waals surface area contributed by atoms with Gasteiger partial charge in [0.15, 0.2) is 6.61 Å². The maximum Gasteiger partial charge on any atom is 0.335 e. The summed E-state index contributed by atoms with van der Waals surface area (Å²) < 4.78 is 11.0. The van der Waals surface area contributed by atoms with Gasteiger partial charge in [0.25, 0.3) is 11.8 Å². The zero-order chi connectivity index (χ0) is 22.9. The number of rotatable bonds is 9. The fraction of sp³-hybridized carbons (Fsp3) is 0.130. The van der Waals surface area contributed by atoms with Crippen LogP contribution in [0.1, 0.15) is 21.7 Å². The van der Waals surface area contributed by atoms with Gasteiger partial charge in [-0.05, 0) is 48.9 Å². The topological polar surface area (TPSA) is 130 Å². The quantitative estimate of drug-likeness (QED) is 0.350. The van der Waals surface area contributed by atoms with E-state index < -0.39 is 17.8 Å². The molecule has 0 aliphatic heterocycles. The van der Waals surface area contributed by atoms with Crippen LogP contribution in [0.25, 0.3) is 11.3 Å². The van der Waals surface area contributed by atoms with Gasteiger partial charge in [0.1, 0.15) is 17.3 Å². The van der Waals surface area contributed by atoms with Crippen LogP contribution in [0.3, 0.4) is 0 Å². The molecule has 2 aromatic carbocycles. The van der Waals surface area contributed by atoms with E-state index in [-0.39, 0.29) is 18.7 Å². The molecule has 9 nitrogen and oxygen atoms in total. The minimum Gasteiger partial charge on any atom is -0.484 e. The lowest BCUT2D eigenvalue weighted by atomic mass is 10.1. The van der Waals surface area contributed by atoms with Gasteiger partial charge in [-0.25, -0.2) is 10.2 Å². The van der Waals surface area contributed by atoms with E-state index in [1.165, 1.54) is 18.3 Å². The second-order valence-electron chi connectivity index (χ2n) is 6.76. The standard InChI is InChI=1S/C23H21N3O6/c1-15-3-2-4-18(11-15)31-14-22(28)24-13-21(27)26-25-12-19-9-10-20(32-19)16-5-7-17(8-6-16)23(29)30/h2-12H,13-14H2,1H3,(H,24,28)(H,26,27)(H,29,30)/b25-12+. The van der Waals surface area contributed by atoms with Gasteiger partial charge in [-0.15, -0.1) is 0 Å². The third-order valence-corrected chi connectivity index (χ3v) is 4.23. The van der Waals surface area contributed by atoms with Crippen LogP contribution in [-0.2, 0) is 9.59 Å². The van der Waals surface area contributed by atoms with Crippen molar-refractivity contribution in [3.8, 4) is 17.1 Å². The minimum atomic E-state index is -1.01. The third kappa shape index (κ3) is 6.56. The summed E-state index contributed by atoms with van der Waals surface area (Å²) >= 11 is 0. The maximum atomic E-state index is 11.8. The van der Waals surface area contributed by atoms with Crippen molar-refractivity contribution < 1.29 is 28.6 Å². The van der Waals surface area contributed by atoms with Gasteiger partial charge in [0, 0.05) is 5.56 Å². The Balaban J connectivity index is 1.41. The molecule has 0 aliphatic rings. The van der Waals surface area contributed by atoms with Crippen molar-refractivity contribution in [1.29, 1.82) is 0 Å². The Bertz CT molecular complexity index is 1130. The number of carboxylic acid groups (broad SMARTS) is 1. The highest BCUT2D eigenvalue weighted by molar-refractivity contribution is 5.88. The highest BCUT2D eigenvalue weighted by Crippen LogP contribution is 2.22. The number of hydrazone groups is 1. The number of carbonyl (C=O) groups is 3. The van der Waals surface area contributed by atoms with Crippen molar-refractivity contribution in [3.63, 3.8) is 0 Å². The Hall–Kier alpha value is -4.40. The summed E-state index contributed by atoms with van der Waals surface area (Å²) in [6.45, 7) is 1.45. The van der Waals surface area contributed by atoms with Gasteiger partial charge < -0.3 is 19.6 Å². The molecule has 3 N–H and O–H groups in total. The average molecular weight is 435 g/mol. The normalized spacial score (nSPS) is 10.7. The van der Waals surface area contributed by atoms with Crippen LogP contribution in [0.4, 0.5) is 0 Å². The molecule has 0 fully saturated rings. The molecule has 3 aromatic rings. The molecule has 0 radical (unpaired) electrons. The number of nitrogens with zero attached hydrogens (tertiary/aromatic N) is 1. The lowest BCUT2D eigenvalue weighted by molar-refractivity contribution is -0.127. The van der Waals surface area contributed by atoms with Gasteiger partial charge in [-0.1, -0.05) is 24.3 Å². The van der Waals surface area contributed by atoms with Gasteiger partial charge >= 0.3 is 5.97 Å². The number of aromatic carboxylic acids is 1. The first-order valence-electron chi connectivity index (χ1n) is 9.62. The number of benzene rings is 2. The highest BCUT2D eigenvalue weighted by atomic mass is 16.5. The summed E-state index contributed by atoms with van der Waals surface area (Å²) in [4.78, 5) is 34.5. The fourth-order valence-electron chi connectivity index (χ4n) is 2.65. The number of nitrogens with one attached hydrogen (secondary N) is 2. The van der Waals surface area contributed by atoms with Gasteiger partial charge in [-0.3, -0.25) is 9.59 Å². The van der Waals surface area contributed by atoms with Crippen molar-refractivity contribution in [2.45, 2.75) is 6.92 Å². The van der Waals surface area contributed by atoms with Crippen LogP contribution in [0, 0.1) is 6.92 Å². The molecule has 0 unspecified atom stereocenters. The molecular formula is C23H21N3O6. The molecule has 9 heteroatoms. The number of carbonyl (C=O) groups excluding carboxylic acids is 2. The summed E-state index contributed by atoms with van der Waals surface area (Å²) in [7, 11) is 0. The Morgan fingerprint density at radius 2 is 1.84 bits per heavy atom. The smallest absolute Gasteiger partial charge is 0.335 e. The molecule has 1 aromatic heterocycles. The summed E-state index contributed by atoms with van der Waals surface area (Å²) in [5.74, 6) is -0.468. The SMILES string of the molecule is Cc1cccc(OCC(=O)NCC(=O)N/N=C/c2ccc(-c3ccc(C(=O)O)cc3)o2)c1. The predicted octanol–water partition coefficient (Wildman–Crippen LogP) is 2.60. The van der Waals surface area contributed by atoms with E-state index in [0.717, 1.165) is 5.56 Å². The van der Waals surface area contributed by atoms with Crippen LogP contribution in [0.2, 0.25) is 0 Å². The lowest BCUT2D eigenvalue weighted by Crippen LogP contribution is -2.37. The molecule has 2 amide bonds. The molecule has 0 atom stereocenters. The highest BCUT2D eigenvalue weighted by Gasteiger charge is 2.08. The lowest BCUT2D eigenvalue weighted by Gasteiger charge is -2.07. The zero-order valence-electron chi connectivity index (χ0n) is 17.2. The average Bonchev–Trinajstić information content (AvgIpc) is 3.25. The molecule has 164 valence electrons. The second-order valence-corrected chi connectivity index (χ2v) is 6.76. The molecule has 32 heavy (non-hydrogen) atoms. The van der Waals surface area contributed by atoms with Crippen molar-refractivity contribution in [2.75, 3.05) is 13.2 Å². The number of amides is 2. The Morgan fingerprint density at radius 1 is 1.06 bits per heavy atom. The third-order valence-electron chi connectivity index (χ3n) is 4.23. The van der Waals surface area contributed by atoms with Crippen molar-refractivity contribution in [3.05, 3.63) is 77.6 Å². The van der Waals surface area contributed by atoms with E-state index in [4.69, 9.17) is 14.3 Å². The first kappa shape index (κ1) is 22.3. The monoisotopic (exact) mass is 435 g/mol. The van der Waals surface area contributed by atoms with Crippen LogP contribution in [0.15, 0.2) is 70.2 Å². The number of hydrogen-bond acceptors (Lipinski definition) is 6. The van der Waals surface area contributed by atoms with Gasteiger partial charge in [0.2, 0.25) is 0 Å². The van der Waals surface area contributed by atoms with E-state index in [2.05, 4.69) is 15.8 Å². The summed E-state index contributed by atoms with van der Waals surface area (Å²) in [6.07, 6.45) is 1.32. The van der Waals surface area contributed by atoms with Crippen LogP contribution >= 0.6 is 0 Å². The fourth-order valence-corrected chi connectivity index (χ4v) is 2.65. The first-order valence-corrected chi connectivity index (χ1v) is 9.62. The Morgan fingerprint density at radius 3 is 2.56 bits per heavy atom. The largest absolute Gasteiger partial charge is 0.484 e. The Labute approximate surface area is 183 Å². The molecule has 0 saturated carbocycles. The number of aryl methyl sites for hydroxylation is 1.